The Morgan fingerprint density at radius 3 is 3.06 bits per heavy atom. The van der Waals surface area contributed by atoms with Gasteiger partial charge in [0.05, 0.1) is 11.4 Å². The highest BCUT2D eigenvalue weighted by molar-refractivity contribution is 7.71. The molecule has 0 spiro atoms. The van der Waals surface area contributed by atoms with Crippen molar-refractivity contribution in [2.45, 2.75) is 0 Å². The summed E-state index contributed by atoms with van der Waals surface area (Å²) >= 11 is 4.94. The molecular weight excluding hydrogens is 250 g/mol. The first-order chi connectivity index (χ1) is 8.66. The maximum Gasteiger partial charge on any atom is 0.271 e. The lowest BCUT2D eigenvalue weighted by Crippen LogP contribution is -1.86. The molecule has 1 aliphatic rings. The maximum absolute atomic E-state index is 9.82. The monoisotopic (exact) mass is 259 g/mol. The van der Waals surface area contributed by atoms with Gasteiger partial charge in [-0.25, -0.2) is 0 Å². The van der Waals surface area contributed by atoms with Crippen molar-refractivity contribution in [3.63, 3.8) is 0 Å². The second kappa shape index (κ2) is 3.92. The highest BCUT2D eigenvalue weighted by Crippen LogP contribution is 2.32. The minimum absolute atomic E-state index is 0.00900. The third kappa shape index (κ3) is 1.58. The van der Waals surface area contributed by atoms with Gasteiger partial charge in [0, 0.05) is 25.0 Å². The highest BCUT2D eigenvalue weighted by atomic mass is 32.1. The lowest BCUT2D eigenvalue weighted by Gasteiger charge is -1.96. The molecule has 5 nitrogen and oxygen atoms in total. The Kier molecular flexibility index (Phi) is 2.38. The molecule has 0 bridgehead atoms. The number of aromatic hydroxyl groups is 1. The summed E-state index contributed by atoms with van der Waals surface area (Å²) in [5.74, 6) is 0.299. The van der Waals surface area contributed by atoms with Crippen LogP contribution >= 0.6 is 12.2 Å². The topological polar surface area (TPSA) is 63.5 Å². The predicted octanol–water partition coefficient (Wildman–Crippen LogP) is 2.70. The molecule has 0 unspecified atom stereocenters. The van der Waals surface area contributed by atoms with Crippen molar-refractivity contribution in [3.8, 4) is 5.88 Å². The van der Waals surface area contributed by atoms with Crippen LogP contribution in [0.15, 0.2) is 27.7 Å². The van der Waals surface area contributed by atoms with E-state index in [9.17, 15) is 5.11 Å². The van der Waals surface area contributed by atoms with Gasteiger partial charge >= 0.3 is 0 Å². The molecule has 0 saturated heterocycles. The molecule has 0 amide bonds. The van der Waals surface area contributed by atoms with E-state index < -0.39 is 0 Å². The van der Waals surface area contributed by atoms with E-state index in [1.165, 1.54) is 4.57 Å². The molecular formula is C12H9N3O2S. The Bertz CT molecular complexity index is 740. The number of hydrogen-bond acceptors (Lipinski definition) is 5. The number of aromatic nitrogens is 2. The minimum Gasteiger partial charge on any atom is -0.492 e. The number of aliphatic imine (C=N–C) groups is 1. The molecule has 0 aliphatic carbocycles. The summed E-state index contributed by atoms with van der Waals surface area (Å²) in [6, 6.07) is 3.70. The number of fused-ring (bicyclic) bond motifs is 1. The van der Waals surface area contributed by atoms with Crippen LogP contribution in [0.2, 0.25) is 0 Å². The molecule has 3 heterocycles. The Morgan fingerprint density at radius 1 is 1.50 bits per heavy atom. The predicted molar refractivity (Wildman–Crippen MR) is 70.4 cm³/mol. The number of rotatable bonds is 1. The number of allylic oxidation sites excluding steroid dienone is 1. The summed E-state index contributed by atoms with van der Waals surface area (Å²) in [5.41, 5.74) is 2.35. The van der Waals surface area contributed by atoms with Crippen LogP contribution in [0.5, 0.6) is 5.88 Å². The van der Waals surface area contributed by atoms with Gasteiger partial charge in [-0.2, -0.15) is 0 Å². The average Bonchev–Trinajstić information content (AvgIpc) is 2.89. The summed E-state index contributed by atoms with van der Waals surface area (Å²) < 4.78 is 6.68. The number of oxazole rings is 1. The van der Waals surface area contributed by atoms with Crippen LogP contribution in [0.1, 0.15) is 11.5 Å². The second-order valence-corrected chi connectivity index (χ2v) is 4.19. The summed E-state index contributed by atoms with van der Waals surface area (Å²) in [4.78, 5) is 8.69. The van der Waals surface area contributed by atoms with Gasteiger partial charge in [0.25, 0.3) is 4.84 Å². The molecule has 1 N–H and O–H groups in total. The Hall–Kier alpha value is -2.21. The largest absolute Gasteiger partial charge is 0.492 e. The van der Waals surface area contributed by atoms with E-state index in [-0.39, 0.29) is 10.7 Å². The molecule has 0 aromatic carbocycles. The van der Waals surface area contributed by atoms with E-state index >= 15 is 0 Å². The number of hydrogen-bond donors (Lipinski definition) is 1. The summed E-state index contributed by atoms with van der Waals surface area (Å²) in [5, 5.41) is 9.82. The van der Waals surface area contributed by atoms with E-state index in [0.717, 1.165) is 17.0 Å². The SMILES string of the molecule is Cn1c(O)c(/C=C2\C=Nc3cccnc32)oc1=S. The molecule has 0 atom stereocenters. The molecule has 1 aliphatic heterocycles. The highest BCUT2D eigenvalue weighted by Gasteiger charge is 2.16. The van der Waals surface area contributed by atoms with Gasteiger partial charge < -0.3 is 9.52 Å². The molecule has 0 radical (unpaired) electrons. The van der Waals surface area contributed by atoms with Crippen LogP contribution in [-0.2, 0) is 7.05 Å². The van der Waals surface area contributed by atoms with Crippen molar-refractivity contribution in [1.82, 2.24) is 9.55 Å². The molecule has 3 rings (SSSR count). The van der Waals surface area contributed by atoms with E-state index in [1.54, 1.807) is 25.5 Å². The fourth-order valence-corrected chi connectivity index (χ4v) is 1.90. The van der Waals surface area contributed by atoms with Crippen LogP contribution in [0.3, 0.4) is 0 Å². The Labute approximate surface area is 108 Å². The maximum atomic E-state index is 9.82. The van der Waals surface area contributed by atoms with Gasteiger partial charge in [0.1, 0.15) is 0 Å². The Morgan fingerprint density at radius 2 is 2.33 bits per heavy atom. The molecule has 2 aromatic rings. The van der Waals surface area contributed by atoms with Crippen molar-refractivity contribution in [3.05, 3.63) is 34.6 Å². The van der Waals surface area contributed by atoms with Crippen LogP contribution in [0, 0.1) is 4.84 Å². The first kappa shape index (κ1) is 10.9. The fraction of sp³-hybridized carbons (Fsp3) is 0.0833. The molecule has 0 saturated carbocycles. The number of nitrogens with zero attached hydrogens (tertiary/aromatic N) is 3. The zero-order valence-electron chi connectivity index (χ0n) is 9.49. The smallest absolute Gasteiger partial charge is 0.271 e. The zero-order valence-corrected chi connectivity index (χ0v) is 10.3. The molecule has 18 heavy (non-hydrogen) atoms. The molecule has 2 aromatic heterocycles. The van der Waals surface area contributed by atoms with Crippen LogP contribution in [0.4, 0.5) is 5.69 Å². The van der Waals surface area contributed by atoms with Gasteiger partial charge in [-0.1, -0.05) is 0 Å². The van der Waals surface area contributed by atoms with Gasteiger partial charge in [0.2, 0.25) is 5.88 Å². The van der Waals surface area contributed by atoms with E-state index in [2.05, 4.69) is 9.98 Å². The number of pyridine rings is 1. The van der Waals surface area contributed by atoms with E-state index in [0.29, 0.717) is 5.76 Å². The van der Waals surface area contributed by atoms with E-state index in [1.807, 2.05) is 12.1 Å². The van der Waals surface area contributed by atoms with Crippen molar-refractivity contribution in [2.75, 3.05) is 0 Å². The van der Waals surface area contributed by atoms with Crippen molar-refractivity contribution >= 4 is 35.8 Å². The lowest BCUT2D eigenvalue weighted by atomic mass is 10.1. The Balaban J connectivity index is 2.12. The van der Waals surface area contributed by atoms with Gasteiger partial charge in [-0.15, -0.1) is 0 Å². The van der Waals surface area contributed by atoms with Crippen LogP contribution in [-0.4, -0.2) is 20.9 Å². The third-order valence-electron chi connectivity index (χ3n) is 2.70. The first-order valence-corrected chi connectivity index (χ1v) is 5.67. The average molecular weight is 259 g/mol. The fourth-order valence-electron chi connectivity index (χ4n) is 1.72. The normalized spacial score (nSPS) is 15.3. The van der Waals surface area contributed by atoms with Crippen molar-refractivity contribution < 1.29 is 9.52 Å². The zero-order chi connectivity index (χ0) is 12.7. The molecule has 6 heteroatoms. The lowest BCUT2D eigenvalue weighted by molar-refractivity contribution is 0.428. The standard InChI is InChI=1S/C12H9N3O2S/c1-15-11(16)9(17-12(15)18)5-7-6-14-8-3-2-4-13-10(7)8/h2-6,16H,1H3/b7-5+. The van der Waals surface area contributed by atoms with Gasteiger partial charge in [-0.3, -0.25) is 14.5 Å². The first-order valence-electron chi connectivity index (χ1n) is 5.27. The quantitative estimate of drug-likeness (QED) is 0.800. The van der Waals surface area contributed by atoms with Gasteiger partial charge in [0.15, 0.2) is 5.76 Å². The van der Waals surface area contributed by atoms with Crippen LogP contribution < -0.4 is 0 Å². The van der Waals surface area contributed by atoms with Crippen molar-refractivity contribution in [2.24, 2.45) is 12.0 Å². The van der Waals surface area contributed by atoms with Gasteiger partial charge in [-0.05, 0) is 30.4 Å². The van der Waals surface area contributed by atoms with E-state index in [4.69, 9.17) is 16.6 Å². The molecule has 0 fully saturated rings. The second-order valence-electron chi connectivity index (χ2n) is 3.84. The summed E-state index contributed by atoms with van der Waals surface area (Å²) in [7, 11) is 1.64. The minimum atomic E-state index is -0.00900. The summed E-state index contributed by atoms with van der Waals surface area (Å²) in [6.45, 7) is 0. The van der Waals surface area contributed by atoms with Crippen LogP contribution in [0.25, 0.3) is 11.6 Å². The third-order valence-corrected chi connectivity index (χ3v) is 3.06. The molecule has 90 valence electrons. The summed E-state index contributed by atoms with van der Waals surface area (Å²) in [6.07, 6.45) is 5.05. The van der Waals surface area contributed by atoms with Crippen molar-refractivity contribution in [1.29, 1.82) is 0 Å².